The monoisotopic (exact) mass is 468 g/mol. The molecule has 0 bridgehead atoms. The molecule has 180 valence electrons. The van der Waals surface area contributed by atoms with Gasteiger partial charge in [0.2, 0.25) is 0 Å². The highest BCUT2D eigenvalue weighted by Gasteiger charge is 2.42. The number of fused-ring (bicyclic) bond motifs is 1. The number of rotatable bonds is 4. The molecule has 1 aliphatic carbocycles. The lowest BCUT2D eigenvalue weighted by Gasteiger charge is -2.26. The van der Waals surface area contributed by atoms with Crippen LogP contribution in [-0.4, -0.2) is 30.5 Å². The first-order valence-electron chi connectivity index (χ1n) is 10.6. The molecule has 0 saturated heterocycles. The Kier molecular flexibility index (Phi) is 6.66. The van der Waals surface area contributed by atoms with Crippen molar-refractivity contribution in [3.8, 4) is 5.75 Å². The van der Waals surface area contributed by atoms with Crippen LogP contribution >= 0.6 is 0 Å². The highest BCUT2D eigenvalue weighted by molar-refractivity contribution is 5.92. The van der Waals surface area contributed by atoms with Crippen molar-refractivity contribution < 1.29 is 32.2 Å². The number of ether oxygens (including phenoxy) is 1. The molecule has 0 spiro atoms. The number of urea groups is 1. The van der Waals surface area contributed by atoms with Gasteiger partial charge in [-0.3, -0.25) is 0 Å². The van der Waals surface area contributed by atoms with E-state index in [9.17, 15) is 27.5 Å². The molecule has 9 heteroatoms. The molecule has 2 aromatic rings. The third-order valence-electron chi connectivity index (χ3n) is 6.00. The Morgan fingerprint density at radius 3 is 2.42 bits per heavy atom. The van der Waals surface area contributed by atoms with Crippen LogP contribution in [0, 0.1) is 5.82 Å². The van der Waals surface area contributed by atoms with Crippen LogP contribution in [0.5, 0.6) is 5.75 Å². The number of aliphatic hydroxyl groups is 1. The molecule has 1 aliphatic rings. The standard InChI is InChI=1S/C24H28F4N2O3/c1-12-16-11-15(25)7-6-13(16)8-18(12)29-22(32)30-19-10-14(23(2,3)4)9-17(20(19)33-5)21(31)24(26,27)28/h6-7,9-12,18,21,31H,8H2,1-5H3,(H2,29,30,32)/t12-,18+,21+/m0/s1. The van der Waals surface area contributed by atoms with E-state index in [2.05, 4.69) is 10.6 Å². The van der Waals surface area contributed by atoms with E-state index >= 15 is 0 Å². The first-order chi connectivity index (χ1) is 15.2. The number of amides is 2. The highest BCUT2D eigenvalue weighted by atomic mass is 19.4. The Labute approximate surface area is 190 Å². The smallest absolute Gasteiger partial charge is 0.418 e. The second kappa shape index (κ2) is 8.85. The maximum Gasteiger partial charge on any atom is 0.418 e. The minimum atomic E-state index is -4.91. The Balaban J connectivity index is 1.90. The SMILES string of the molecule is COc1c(NC(=O)N[C@@H]2Cc3ccc(F)cc3[C@@H]2C)cc(C(C)(C)C)cc1[C@@H](O)C(F)(F)F. The summed E-state index contributed by atoms with van der Waals surface area (Å²) >= 11 is 0. The van der Waals surface area contributed by atoms with Crippen LogP contribution in [0.15, 0.2) is 30.3 Å². The van der Waals surface area contributed by atoms with Gasteiger partial charge < -0.3 is 20.5 Å². The summed E-state index contributed by atoms with van der Waals surface area (Å²) in [6, 6.07) is 6.31. The number of methoxy groups -OCH3 is 1. The number of anilines is 1. The van der Waals surface area contributed by atoms with Gasteiger partial charge in [-0.1, -0.05) is 33.8 Å². The lowest BCUT2D eigenvalue weighted by molar-refractivity contribution is -0.207. The fourth-order valence-electron chi connectivity index (χ4n) is 4.09. The molecular formula is C24H28F4N2O3. The fourth-order valence-corrected chi connectivity index (χ4v) is 4.09. The van der Waals surface area contributed by atoms with Crippen LogP contribution < -0.4 is 15.4 Å². The van der Waals surface area contributed by atoms with E-state index in [1.54, 1.807) is 26.8 Å². The van der Waals surface area contributed by atoms with Gasteiger partial charge >= 0.3 is 12.2 Å². The van der Waals surface area contributed by atoms with Crippen LogP contribution in [0.3, 0.4) is 0 Å². The Hall–Kier alpha value is -2.81. The Morgan fingerprint density at radius 1 is 1.18 bits per heavy atom. The van der Waals surface area contributed by atoms with Crippen LogP contribution in [0.4, 0.5) is 28.0 Å². The minimum Gasteiger partial charge on any atom is -0.494 e. The minimum absolute atomic E-state index is 0.00920. The van der Waals surface area contributed by atoms with Gasteiger partial charge in [0.15, 0.2) is 6.10 Å². The summed E-state index contributed by atoms with van der Waals surface area (Å²) in [5, 5.41) is 15.3. The predicted octanol–water partition coefficient (Wildman–Crippen LogP) is 5.58. The maximum atomic E-state index is 13.6. The van der Waals surface area contributed by atoms with E-state index in [1.165, 1.54) is 31.4 Å². The molecule has 5 nitrogen and oxygen atoms in total. The summed E-state index contributed by atoms with van der Waals surface area (Å²) in [5.41, 5.74) is 1.18. The number of halogens is 4. The molecule has 0 aliphatic heterocycles. The average molecular weight is 468 g/mol. The Bertz CT molecular complexity index is 1050. The van der Waals surface area contributed by atoms with Gasteiger partial charge in [-0.25, -0.2) is 9.18 Å². The second-order valence-corrected chi connectivity index (χ2v) is 9.38. The lowest BCUT2D eigenvalue weighted by atomic mass is 9.84. The molecule has 3 atom stereocenters. The fraction of sp³-hybridized carbons (Fsp3) is 0.458. The van der Waals surface area contributed by atoms with Crippen LogP contribution in [0.2, 0.25) is 0 Å². The molecule has 0 unspecified atom stereocenters. The van der Waals surface area contributed by atoms with E-state index < -0.39 is 29.3 Å². The predicted molar refractivity (Wildman–Crippen MR) is 117 cm³/mol. The molecular weight excluding hydrogens is 440 g/mol. The largest absolute Gasteiger partial charge is 0.494 e. The molecule has 3 rings (SSSR count). The molecule has 2 aromatic carbocycles. The van der Waals surface area contributed by atoms with Gasteiger partial charge in [-0.15, -0.1) is 0 Å². The maximum absolute atomic E-state index is 13.6. The van der Waals surface area contributed by atoms with Crippen LogP contribution in [-0.2, 0) is 11.8 Å². The number of carbonyl (C=O) groups is 1. The van der Waals surface area contributed by atoms with Crippen molar-refractivity contribution in [2.75, 3.05) is 12.4 Å². The van der Waals surface area contributed by atoms with Crippen LogP contribution in [0.25, 0.3) is 0 Å². The van der Waals surface area contributed by atoms with Gasteiger partial charge in [-0.05, 0) is 52.8 Å². The van der Waals surface area contributed by atoms with Crippen molar-refractivity contribution in [1.29, 1.82) is 0 Å². The molecule has 0 fully saturated rings. The number of alkyl halides is 3. The third-order valence-corrected chi connectivity index (χ3v) is 6.00. The quantitative estimate of drug-likeness (QED) is 0.514. The average Bonchev–Trinajstić information content (AvgIpc) is 3.00. The van der Waals surface area contributed by atoms with Crippen molar-refractivity contribution >= 4 is 11.7 Å². The molecule has 0 radical (unpaired) electrons. The summed E-state index contributed by atoms with van der Waals surface area (Å²) < 4.78 is 58.7. The molecule has 2 amide bonds. The van der Waals surface area contributed by atoms with Gasteiger partial charge in [0.25, 0.3) is 0 Å². The number of hydrogen-bond acceptors (Lipinski definition) is 3. The molecule has 0 aromatic heterocycles. The zero-order valence-electron chi connectivity index (χ0n) is 19.1. The number of aliphatic hydroxyl groups excluding tert-OH is 1. The number of nitrogens with one attached hydrogen (secondary N) is 2. The zero-order valence-corrected chi connectivity index (χ0v) is 19.1. The molecule has 33 heavy (non-hydrogen) atoms. The summed E-state index contributed by atoms with van der Waals surface area (Å²) in [6.45, 7) is 7.28. The molecule has 3 N–H and O–H groups in total. The van der Waals surface area contributed by atoms with E-state index in [0.29, 0.717) is 12.0 Å². The highest BCUT2D eigenvalue weighted by Crippen LogP contribution is 2.43. The van der Waals surface area contributed by atoms with Gasteiger partial charge in [0.1, 0.15) is 11.6 Å². The summed E-state index contributed by atoms with van der Waals surface area (Å²) in [7, 11) is 1.17. The zero-order chi connectivity index (χ0) is 24.7. The third kappa shape index (κ3) is 5.24. The summed E-state index contributed by atoms with van der Waals surface area (Å²) in [4.78, 5) is 12.8. The van der Waals surface area contributed by atoms with E-state index in [4.69, 9.17) is 4.74 Å². The topological polar surface area (TPSA) is 70.6 Å². The van der Waals surface area contributed by atoms with Gasteiger partial charge in [0.05, 0.1) is 12.8 Å². The summed E-state index contributed by atoms with van der Waals surface area (Å²) in [5.74, 6) is -0.773. The second-order valence-electron chi connectivity index (χ2n) is 9.38. The van der Waals surface area contributed by atoms with Crippen LogP contribution in [0.1, 0.15) is 62.0 Å². The van der Waals surface area contributed by atoms with Gasteiger partial charge in [0, 0.05) is 17.5 Å². The van der Waals surface area contributed by atoms with Crippen molar-refractivity contribution in [1.82, 2.24) is 5.32 Å². The van der Waals surface area contributed by atoms with Crippen molar-refractivity contribution in [3.63, 3.8) is 0 Å². The summed E-state index contributed by atoms with van der Waals surface area (Å²) in [6.07, 6.45) is -7.19. The van der Waals surface area contributed by atoms with Crippen molar-refractivity contribution in [2.24, 2.45) is 0 Å². The number of carbonyl (C=O) groups excluding carboxylic acids is 1. The number of hydrogen-bond donors (Lipinski definition) is 3. The first-order valence-corrected chi connectivity index (χ1v) is 10.6. The van der Waals surface area contributed by atoms with Crippen molar-refractivity contribution in [2.45, 2.75) is 63.8 Å². The number of benzene rings is 2. The molecule has 0 saturated carbocycles. The van der Waals surface area contributed by atoms with Gasteiger partial charge in [-0.2, -0.15) is 13.2 Å². The van der Waals surface area contributed by atoms with Crippen molar-refractivity contribution in [3.05, 3.63) is 58.4 Å². The van der Waals surface area contributed by atoms with E-state index in [-0.39, 0.29) is 29.2 Å². The first kappa shape index (κ1) is 24.8. The lowest BCUT2D eigenvalue weighted by Crippen LogP contribution is -2.40. The van der Waals surface area contributed by atoms with E-state index in [0.717, 1.165) is 11.1 Å². The Morgan fingerprint density at radius 2 is 1.85 bits per heavy atom. The molecule has 0 heterocycles. The normalized spacial score (nSPS) is 19.1. The van der Waals surface area contributed by atoms with E-state index in [1.807, 2.05) is 6.92 Å².